The van der Waals surface area contributed by atoms with Crippen LogP contribution in [0.2, 0.25) is 0 Å². The lowest BCUT2D eigenvalue weighted by molar-refractivity contribution is -0.134. The number of hydrogen-bond donors (Lipinski definition) is 1. The summed E-state index contributed by atoms with van der Waals surface area (Å²) < 4.78 is 18.3. The number of hydrogen-bond acceptors (Lipinski definition) is 3. The molecule has 1 fully saturated rings. The molecule has 2 amide bonds. The summed E-state index contributed by atoms with van der Waals surface area (Å²) in [6.07, 6.45) is 2.21. The molecule has 0 spiro atoms. The van der Waals surface area contributed by atoms with Gasteiger partial charge >= 0.3 is 0 Å². The van der Waals surface area contributed by atoms with E-state index in [1.807, 2.05) is 42.2 Å². The molecule has 1 atom stereocenters. The summed E-state index contributed by atoms with van der Waals surface area (Å²) in [7, 11) is 0. The molecule has 1 aliphatic rings. The van der Waals surface area contributed by atoms with Gasteiger partial charge in [-0.25, -0.2) is 4.39 Å². The van der Waals surface area contributed by atoms with E-state index in [4.69, 9.17) is 4.74 Å². The number of rotatable bonds is 7. The van der Waals surface area contributed by atoms with Crippen molar-refractivity contribution in [1.29, 1.82) is 0 Å². The van der Waals surface area contributed by atoms with Crippen molar-refractivity contribution in [2.45, 2.75) is 38.1 Å². The lowest BCUT2D eigenvalue weighted by Crippen LogP contribution is -2.48. The number of likely N-dealkylation sites (tertiary alicyclic amines) is 1. The zero-order chi connectivity index (χ0) is 20.6. The Balaban J connectivity index is 1.44. The number of benzene rings is 2. The van der Waals surface area contributed by atoms with Crippen LogP contribution in [0.1, 0.15) is 37.7 Å². The maximum atomic E-state index is 12.9. The van der Waals surface area contributed by atoms with Crippen molar-refractivity contribution in [3.63, 3.8) is 0 Å². The first-order chi connectivity index (χ1) is 14.1. The Labute approximate surface area is 170 Å². The number of halogens is 1. The Morgan fingerprint density at radius 2 is 1.76 bits per heavy atom. The van der Waals surface area contributed by atoms with Gasteiger partial charge in [0.1, 0.15) is 11.6 Å². The topological polar surface area (TPSA) is 58.6 Å². The third-order valence-electron chi connectivity index (χ3n) is 5.26. The van der Waals surface area contributed by atoms with Crippen LogP contribution in [0.25, 0.3) is 0 Å². The highest BCUT2D eigenvalue weighted by molar-refractivity contribution is 5.84. The zero-order valence-corrected chi connectivity index (χ0v) is 16.6. The molecule has 29 heavy (non-hydrogen) atoms. The highest BCUT2D eigenvalue weighted by Gasteiger charge is 2.28. The molecular weight excluding hydrogens is 371 g/mol. The van der Waals surface area contributed by atoms with E-state index in [9.17, 15) is 14.0 Å². The van der Waals surface area contributed by atoms with Crippen LogP contribution in [0, 0.1) is 5.82 Å². The fourth-order valence-corrected chi connectivity index (χ4v) is 3.65. The summed E-state index contributed by atoms with van der Waals surface area (Å²) in [6.45, 7) is 3.18. The molecule has 1 N–H and O–H groups in total. The van der Waals surface area contributed by atoms with E-state index in [-0.39, 0.29) is 36.2 Å². The maximum absolute atomic E-state index is 12.9. The minimum absolute atomic E-state index is 0.0279. The molecule has 0 aromatic heterocycles. The number of piperidine rings is 1. The number of nitrogens with zero attached hydrogens (tertiary/aromatic N) is 1. The van der Waals surface area contributed by atoms with Crippen LogP contribution in [0.5, 0.6) is 5.75 Å². The Morgan fingerprint density at radius 3 is 2.38 bits per heavy atom. The van der Waals surface area contributed by atoms with E-state index >= 15 is 0 Å². The Hall–Kier alpha value is -2.89. The van der Waals surface area contributed by atoms with Crippen molar-refractivity contribution in [2.24, 2.45) is 0 Å². The smallest absolute Gasteiger partial charge is 0.258 e. The molecule has 1 heterocycles. The van der Waals surface area contributed by atoms with Gasteiger partial charge in [-0.05, 0) is 49.1 Å². The predicted molar refractivity (Wildman–Crippen MR) is 109 cm³/mol. The minimum Gasteiger partial charge on any atom is -0.484 e. The molecule has 1 aliphatic heterocycles. The molecule has 2 aromatic rings. The molecule has 0 aliphatic carbocycles. The molecule has 2 aromatic carbocycles. The highest BCUT2D eigenvalue weighted by atomic mass is 19.1. The highest BCUT2D eigenvalue weighted by Crippen LogP contribution is 2.24. The summed E-state index contributed by atoms with van der Waals surface area (Å²) in [5.41, 5.74) is 1.05. The third kappa shape index (κ3) is 5.79. The van der Waals surface area contributed by atoms with E-state index in [2.05, 4.69) is 5.32 Å². The maximum Gasteiger partial charge on any atom is 0.258 e. The van der Waals surface area contributed by atoms with Crippen LogP contribution >= 0.6 is 0 Å². The van der Waals surface area contributed by atoms with Gasteiger partial charge in [-0.3, -0.25) is 9.59 Å². The third-order valence-corrected chi connectivity index (χ3v) is 5.26. The average molecular weight is 398 g/mol. The first-order valence-electron chi connectivity index (χ1n) is 10.1. The van der Waals surface area contributed by atoms with Gasteiger partial charge in [0, 0.05) is 19.1 Å². The van der Waals surface area contributed by atoms with Crippen molar-refractivity contribution in [1.82, 2.24) is 10.2 Å². The number of nitrogens with one attached hydrogen (secondary N) is 1. The van der Waals surface area contributed by atoms with Crippen LogP contribution in [-0.2, 0) is 9.59 Å². The number of amides is 2. The van der Waals surface area contributed by atoms with Crippen molar-refractivity contribution in [3.05, 3.63) is 66.0 Å². The summed E-state index contributed by atoms with van der Waals surface area (Å²) in [4.78, 5) is 27.0. The van der Waals surface area contributed by atoms with E-state index in [1.165, 1.54) is 24.3 Å². The van der Waals surface area contributed by atoms with E-state index < -0.39 is 0 Å². The molecule has 3 rings (SSSR count). The molecule has 1 unspecified atom stereocenters. The lowest BCUT2D eigenvalue weighted by atomic mass is 9.93. The first-order valence-corrected chi connectivity index (χ1v) is 10.1. The van der Waals surface area contributed by atoms with Crippen molar-refractivity contribution >= 4 is 11.8 Å². The quantitative estimate of drug-likeness (QED) is 0.777. The standard InChI is InChI=1S/C23H27FN2O3/c1-2-21(17-6-4-3-5-7-17)23(28)26-14-12-19(13-15-26)25-22(27)16-29-20-10-8-18(24)9-11-20/h3-11,19,21H,2,12-16H2,1H3,(H,25,27). The van der Waals surface area contributed by atoms with Crippen molar-refractivity contribution < 1.29 is 18.7 Å². The average Bonchev–Trinajstić information content (AvgIpc) is 2.75. The summed E-state index contributed by atoms with van der Waals surface area (Å²) in [6, 6.07) is 15.5. The van der Waals surface area contributed by atoms with Crippen LogP contribution in [0.4, 0.5) is 4.39 Å². The van der Waals surface area contributed by atoms with Crippen molar-refractivity contribution in [2.75, 3.05) is 19.7 Å². The fourth-order valence-electron chi connectivity index (χ4n) is 3.65. The number of ether oxygens (including phenoxy) is 1. The molecule has 154 valence electrons. The van der Waals surface area contributed by atoms with Crippen LogP contribution < -0.4 is 10.1 Å². The fraction of sp³-hybridized carbons (Fsp3) is 0.391. The van der Waals surface area contributed by atoms with Gasteiger partial charge < -0.3 is 15.0 Å². The van der Waals surface area contributed by atoms with Gasteiger partial charge in [0.05, 0.1) is 5.92 Å². The van der Waals surface area contributed by atoms with Crippen LogP contribution in [0.15, 0.2) is 54.6 Å². The van der Waals surface area contributed by atoms with Crippen LogP contribution in [-0.4, -0.2) is 42.5 Å². The second-order valence-corrected chi connectivity index (χ2v) is 7.28. The van der Waals surface area contributed by atoms with Crippen LogP contribution in [0.3, 0.4) is 0 Å². The SMILES string of the molecule is CCC(C(=O)N1CCC(NC(=O)COc2ccc(F)cc2)CC1)c1ccccc1. The molecule has 6 heteroatoms. The second-order valence-electron chi connectivity index (χ2n) is 7.28. The molecule has 5 nitrogen and oxygen atoms in total. The zero-order valence-electron chi connectivity index (χ0n) is 16.6. The molecular formula is C23H27FN2O3. The van der Waals surface area contributed by atoms with E-state index in [0.717, 1.165) is 24.8 Å². The van der Waals surface area contributed by atoms with Crippen molar-refractivity contribution in [3.8, 4) is 5.75 Å². The second kappa shape index (κ2) is 10.0. The molecule has 0 radical (unpaired) electrons. The lowest BCUT2D eigenvalue weighted by Gasteiger charge is -2.34. The molecule has 0 saturated carbocycles. The Morgan fingerprint density at radius 1 is 1.10 bits per heavy atom. The van der Waals surface area contributed by atoms with Gasteiger partial charge in [0.15, 0.2) is 6.61 Å². The summed E-state index contributed by atoms with van der Waals surface area (Å²) in [5.74, 6) is -0.0708. The van der Waals surface area contributed by atoms with E-state index in [0.29, 0.717) is 18.8 Å². The number of carbonyl (C=O) groups excluding carboxylic acids is 2. The monoisotopic (exact) mass is 398 g/mol. The number of carbonyl (C=O) groups is 2. The Bertz CT molecular complexity index is 803. The van der Waals surface area contributed by atoms with E-state index in [1.54, 1.807) is 0 Å². The largest absolute Gasteiger partial charge is 0.484 e. The first kappa shape index (κ1) is 20.8. The van der Waals surface area contributed by atoms with Gasteiger partial charge in [-0.15, -0.1) is 0 Å². The van der Waals surface area contributed by atoms with Gasteiger partial charge in [-0.2, -0.15) is 0 Å². The normalized spacial score (nSPS) is 15.6. The molecule has 0 bridgehead atoms. The minimum atomic E-state index is -0.347. The van der Waals surface area contributed by atoms with Gasteiger partial charge in [0.2, 0.25) is 5.91 Å². The van der Waals surface area contributed by atoms with Gasteiger partial charge in [-0.1, -0.05) is 37.3 Å². The molecule has 1 saturated heterocycles. The Kier molecular flexibility index (Phi) is 7.22. The van der Waals surface area contributed by atoms with Gasteiger partial charge in [0.25, 0.3) is 5.91 Å². The predicted octanol–water partition coefficient (Wildman–Crippen LogP) is 3.51. The summed E-state index contributed by atoms with van der Waals surface area (Å²) >= 11 is 0. The summed E-state index contributed by atoms with van der Waals surface area (Å²) in [5, 5.41) is 2.96.